The first-order valence-electron chi connectivity index (χ1n) is 8.00. The molecule has 1 fully saturated rings. The summed E-state index contributed by atoms with van der Waals surface area (Å²) >= 11 is 0. The molecule has 0 aromatic heterocycles. The van der Waals surface area contributed by atoms with E-state index in [0.29, 0.717) is 37.6 Å². The topological polar surface area (TPSA) is 69.7 Å². The van der Waals surface area contributed by atoms with Gasteiger partial charge >= 0.3 is 0 Å². The number of carbonyl (C=O) groups is 1. The fourth-order valence-corrected chi connectivity index (χ4v) is 3.94. The summed E-state index contributed by atoms with van der Waals surface area (Å²) in [6.07, 6.45) is 0.898. The second kappa shape index (κ2) is 7.90. The lowest BCUT2D eigenvalue weighted by Crippen LogP contribution is -2.51. The van der Waals surface area contributed by atoms with Crippen molar-refractivity contribution in [2.75, 3.05) is 32.7 Å². The Morgan fingerprint density at radius 3 is 2.35 bits per heavy atom. The summed E-state index contributed by atoms with van der Waals surface area (Å²) in [5, 5.41) is 2.93. The highest BCUT2D eigenvalue weighted by atomic mass is 32.2. The molecule has 1 aliphatic rings. The Morgan fingerprint density at radius 1 is 1.17 bits per heavy atom. The number of rotatable bonds is 6. The third kappa shape index (κ3) is 4.76. The third-order valence-electron chi connectivity index (χ3n) is 4.10. The van der Waals surface area contributed by atoms with Gasteiger partial charge in [0.15, 0.2) is 0 Å². The molecule has 0 aliphatic carbocycles. The molecule has 0 radical (unpaired) electrons. The third-order valence-corrected chi connectivity index (χ3v) is 6.01. The van der Waals surface area contributed by atoms with E-state index in [0.717, 1.165) is 6.42 Å². The molecule has 1 amide bonds. The molecule has 23 heavy (non-hydrogen) atoms. The summed E-state index contributed by atoms with van der Waals surface area (Å²) in [4.78, 5) is 14.2. The lowest BCUT2D eigenvalue weighted by Gasteiger charge is -2.33. The van der Waals surface area contributed by atoms with E-state index in [1.807, 2.05) is 18.7 Å². The van der Waals surface area contributed by atoms with Gasteiger partial charge in [0, 0.05) is 32.2 Å². The minimum absolute atomic E-state index is 0.00119. The molecule has 1 atom stereocenters. The molecule has 1 aliphatic heterocycles. The Labute approximate surface area is 138 Å². The van der Waals surface area contributed by atoms with E-state index < -0.39 is 10.0 Å². The second-order valence-corrected chi connectivity index (χ2v) is 7.81. The van der Waals surface area contributed by atoms with Gasteiger partial charge in [-0.3, -0.25) is 9.69 Å². The minimum atomic E-state index is -3.43. The fraction of sp³-hybridized carbons (Fsp3) is 0.562. The van der Waals surface area contributed by atoms with Crippen molar-refractivity contribution in [3.63, 3.8) is 0 Å². The van der Waals surface area contributed by atoms with Crippen molar-refractivity contribution in [3.05, 3.63) is 30.3 Å². The van der Waals surface area contributed by atoms with Crippen LogP contribution in [0.2, 0.25) is 0 Å². The molecular formula is C16H25N3O3S. The van der Waals surface area contributed by atoms with E-state index in [9.17, 15) is 13.2 Å². The van der Waals surface area contributed by atoms with Gasteiger partial charge in [-0.25, -0.2) is 8.42 Å². The number of benzene rings is 1. The van der Waals surface area contributed by atoms with Crippen LogP contribution in [-0.4, -0.2) is 62.3 Å². The van der Waals surface area contributed by atoms with Gasteiger partial charge in [0.05, 0.1) is 11.4 Å². The summed E-state index contributed by atoms with van der Waals surface area (Å²) in [5.41, 5.74) is 0. The van der Waals surface area contributed by atoms with Crippen LogP contribution >= 0.6 is 0 Å². The Bertz CT molecular complexity index is 611. The lowest BCUT2D eigenvalue weighted by molar-refractivity contribution is -0.123. The van der Waals surface area contributed by atoms with Crippen LogP contribution in [0.1, 0.15) is 20.3 Å². The summed E-state index contributed by atoms with van der Waals surface area (Å²) in [5.74, 6) is -0.00119. The smallest absolute Gasteiger partial charge is 0.243 e. The molecular weight excluding hydrogens is 314 g/mol. The maximum atomic E-state index is 12.5. The summed E-state index contributed by atoms with van der Waals surface area (Å²) in [6, 6.07) is 8.64. The van der Waals surface area contributed by atoms with Gasteiger partial charge < -0.3 is 5.32 Å². The molecule has 0 bridgehead atoms. The molecule has 1 saturated heterocycles. The predicted molar refractivity (Wildman–Crippen MR) is 89.5 cm³/mol. The van der Waals surface area contributed by atoms with Crippen LogP contribution in [0, 0.1) is 0 Å². The monoisotopic (exact) mass is 339 g/mol. The zero-order valence-electron chi connectivity index (χ0n) is 13.7. The highest BCUT2D eigenvalue weighted by Gasteiger charge is 2.28. The van der Waals surface area contributed by atoms with E-state index in [1.165, 1.54) is 4.31 Å². The quantitative estimate of drug-likeness (QED) is 0.836. The fourth-order valence-electron chi connectivity index (χ4n) is 2.50. The first-order chi connectivity index (χ1) is 10.9. The number of sulfonamides is 1. The number of hydrogen-bond acceptors (Lipinski definition) is 4. The van der Waals surface area contributed by atoms with Crippen LogP contribution < -0.4 is 5.32 Å². The van der Waals surface area contributed by atoms with E-state index in [4.69, 9.17) is 0 Å². The molecule has 7 heteroatoms. The van der Waals surface area contributed by atoms with Gasteiger partial charge in [-0.2, -0.15) is 4.31 Å². The predicted octanol–water partition coefficient (Wildman–Crippen LogP) is 0.908. The average molecular weight is 339 g/mol. The Morgan fingerprint density at radius 2 is 1.78 bits per heavy atom. The largest absolute Gasteiger partial charge is 0.353 e. The zero-order chi connectivity index (χ0) is 16.9. The van der Waals surface area contributed by atoms with Crippen molar-refractivity contribution in [2.24, 2.45) is 0 Å². The summed E-state index contributed by atoms with van der Waals surface area (Å²) in [7, 11) is -3.43. The van der Waals surface area contributed by atoms with Crippen molar-refractivity contribution in [1.29, 1.82) is 0 Å². The number of hydrogen-bond donors (Lipinski definition) is 1. The van der Waals surface area contributed by atoms with Crippen molar-refractivity contribution < 1.29 is 13.2 Å². The molecule has 6 nitrogen and oxygen atoms in total. The highest BCUT2D eigenvalue weighted by Crippen LogP contribution is 2.16. The van der Waals surface area contributed by atoms with Crippen LogP contribution in [0.15, 0.2) is 35.2 Å². The first kappa shape index (κ1) is 17.9. The van der Waals surface area contributed by atoms with Gasteiger partial charge in [-0.1, -0.05) is 25.1 Å². The van der Waals surface area contributed by atoms with Crippen LogP contribution in [0.3, 0.4) is 0 Å². The molecule has 1 unspecified atom stereocenters. The van der Waals surface area contributed by atoms with Gasteiger partial charge in [0.2, 0.25) is 15.9 Å². The van der Waals surface area contributed by atoms with Crippen molar-refractivity contribution >= 4 is 15.9 Å². The van der Waals surface area contributed by atoms with Crippen molar-refractivity contribution in [1.82, 2.24) is 14.5 Å². The van der Waals surface area contributed by atoms with Crippen molar-refractivity contribution in [2.45, 2.75) is 31.2 Å². The molecule has 1 aromatic rings. The maximum Gasteiger partial charge on any atom is 0.243 e. The van der Waals surface area contributed by atoms with E-state index in [2.05, 4.69) is 5.32 Å². The van der Waals surface area contributed by atoms with E-state index >= 15 is 0 Å². The number of piperazine rings is 1. The average Bonchev–Trinajstić information content (AvgIpc) is 2.56. The first-order valence-corrected chi connectivity index (χ1v) is 9.44. The number of carbonyl (C=O) groups excluding carboxylic acids is 1. The Kier molecular flexibility index (Phi) is 6.15. The summed E-state index contributed by atoms with van der Waals surface area (Å²) in [6.45, 7) is 6.28. The standard InChI is InChI=1S/C16H25N3O3S/c1-3-14(2)17-16(20)13-18-9-11-19(12-10-18)23(21,22)15-7-5-4-6-8-15/h4-8,14H,3,9-13H2,1-2H3,(H,17,20). The minimum Gasteiger partial charge on any atom is -0.353 e. The molecule has 1 heterocycles. The van der Waals surface area contributed by atoms with Crippen LogP contribution in [0.5, 0.6) is 0 Å². The van der Waals surface area contributed by atoms with Crippen LogP contribution in [-0.2, 0) is 14.8 Å². The molecule has 128 valence electrons. The van der Waals surface area contributed by atoms with Gasteiger partial charge in [0.1, 0.15) is 0 Å². The van der Waals surface area contributed by atoms with E-state index in [1.54, 1.807) is 30.3 Å². The zero-order valence-corrected chi connectivity index (χ0v) is 14.6. The number of amides is 1. The number of nitrogens with zero attached hydrogens (tertiary/aromatic N) is 2. The van der Waals surface area contributed by atoms with E-state index in [-0.39, 0.29) is 11.9 Å². The lowest BCUT2D eigenvalue weighted by atomic mass is 10.2. The molecule has 1 N–H and O–H groups in total. The number of nitrogens with one attached hydrogen (secondary N) is 1. The Hall–Kier alpha value is -1.44. The maximum absolute atomic E-state index is 12.5. The van der Waals surface area contributed by atoms with Gasteiger partial charge in [-0.15, -0.1) is 0 Å². The van der Waals surface area contributed by atoms with Gasteiger partial charge in [0.25, 0.3) is 0 Å². The highest BCUT2D eigenvalue weighted by molar-refractivity contribution is 7.89. The molecule has 2 rings (SSSR count). The Balaban J connectivity index is 1.88. The van der Waals surface area contributed by atoms with Crippen LogP contribution in [0.4, 0.5) is 0 Å². The normalized spacial score (nSPS) is 18.5. The van der Waals surface area contributed by atoms with Gasteiger partial charge in [-0.05, 0) is 25.5 Å². The van der Waals surface area contributed by atoms with Crippen molar-refractivity contribution in [3.8, 4) is 0 Å². The SMILES string of the molecule is CCC(C)NC(=O)CN1CCN(S(=O)(=O)c2ccccc2)CC1. The molecule has 0 saturated carbocycles. The summed E-state index contributed by atoms with van der Waals surface area (Å²) < 4.78 is 26.5. The second-order valence-electron chi connectivity index (χ2n) is 5.87. The molecule has 1 aromatic carbocycles. The molecule has 0 spiro atoms. The van der Waals surface area contributed by atoms with Crippen LogP contribution in [0.25, 0.3) is 0 Å².